The van der Waals surface area contributed by atoms with Crippen molar-refractivity contribution in [1.29, 1.82) is 0 Å². The zero-order valence-electron chi connectivity index (χ0n) is 11.9. The molecule has 2 aliphatic rings. The number of hydrogen-bond donors (Lipinski definition) is 1. The number of carbonyl (C=O) groups excluding carboxylic acids is 1. The SMILES string of the molecule is O=C1NCCCN1C1CCCN(Cc2ccccc2)C1. The average Bonchev–Trinajstić information content (AvgIpc) is 2.49. The number of nitrogens with one attached hydrogen (secondary N) is 1. The van der Waals surface area contributed by atoms with Crippen LogP contribution in [0.25, 0.3) is 0 Å². The van der Waals surface area contributed by atoms with Crippen LogP contribution >= 0.6 is 0 Å². The number of hydrogen-bond acceptors (Lipinski definition) is 2. The first-order chi connectivity index (χ1) is 9.83. The molecule has 20 heavy (non-hydrogen) atoms. The van der Waals surface area contributed by atoms with E-state index in [1.165, 1.54) is 12.0 Å². The molecular weight excluding hydrogens is 250 g/mol. The number of nitrogens with zero attached hydrogens (tertiary/aromatic N) is 2. The first kappa shape index (κ1) is 13.4. The molecule has 1 atom stereocenters. The zero-order valence-corrected chi connectivity index (χ0v) is 11.9. The molecule has 4 heteroatoms. The molecule has 0 aromatic heterocycles. The van der Waals surface area contributed by atoms with Crippen molar-refractivity contribution in [3.05, 3.63) is 35.9 Å². The van der Waals surface area contributed by atoms with Crippen LogP contribution in [0.2, 0.25) is 0 Å². The molecule has 0 aliphatic carbocycles. The molecule has 0 radical (unpaired) electrons. The fourth-order valence-electron chi connectivity index (χ4n) is 3.27. The first-order valence-electron chi connectivity index (χ1n) is 7.64. The molecule has 108 valence electrons. The summed E-state index contributed by atoms with van der Waals surface area (Å²) in [6.45, 7) is 4.88. The number of carbonyl (C=O) groups is 1. The summed E-state index contributed by atoms with van der Waals surface area (Å²) in [6.07, 6.45) is 3.39. The summed E-state index contributed by atoms with van der Waals surface area (Å²) in [6, 6.07) is 11.1. The van der Waals surface area contributed by atoms with Gasteiger partial charge in [0.1, 0.15) is 0 Å². The minimum absolute atomic E-state index is 0.128. The fourth-order valence-corrected chi connectivity index (χ4v) is 3.27. The molecule has 2 saturated heterocycles. The van der Waals surface area contributed by atoms with Gasteiger partial charge in [0.15, 0.2) is 0 Å². The van der Waals surface area contributed by atoms with Crippen LogP contribution < -0.4 is 5.32 Å². The Balaban J connectivity index is 1.60. The van der Waals surface area contributed by atoms with E-state index in [0.29, 0.717) is 6.04 Å². The van der Waals surface area contributed by atoms with E-state index >= 15 is 0 Å². The highest BCUT2D eigenvalue weighted by molar-refractivity contribution is 5.75. The van der Waals surface area contributed by atoms with Gasteiger partial charge < -0.3 is 10.2 Å². The monoisotopic (exact) mass is 273 g/mol. The van der Waals surface area contributed by atoms with E-state index in [1.807, 2.05) is 4.90 Å². The molecule has 0 saturated carbocycles. The molecule has 2 fully saturated rings. The van der Waals surface area contributed by atoms with Gasteiger partial charge in [0.2, 0.25) is 0 Å². The lowest BCUT2D eigenvalue weighted by Gasteiger charge is -2.41. The lowest BCUT2D eigenvalue weighted by atomic mass is 10.0. The number of rotatable bonds is 3. The third-order valence-corrected chi connectivity index (χ3v) is 4.28. The number of urea groups is 1. The maximum absolute atomic E-state index is 12.0. The topological polar surface area (TPSA) is 35.6 Å². The van der Waals surface area contributed by atoms with Gasteiger partial charge in [-0.2, -0.15) is 0 Å². The molecule has 2 amide bonds. The minimum Gasteiger partial charge on any atom is -0.338 e. The van der Waals surface area contributed by atoms with E-state index in [0.717, 1.165) is 45.6 Å². The van der Waals surface area contributed by atoms with Crippen molar-refractivity contribution in [1.82, 2.24) is 15.1 Å². The summed E-state index contributed by atoms with van der Waals surface area (Å²) in [4.78, 5) is 16.5. The smallest absolute Gasteiger partial charge is 0.317 e. The standard InChI is InChI=1S/C16H23N3O/c20-16-17-9-5-11-19(16)15-8-4-10-18(13-15)12-14-6-2-1-3-7-14/h1-3,6-7,15H,4-5,8-13H2,(H,17,20). The van der Waals surface area contributed by atoms with Crippen molar-refractivity contribution in [2.75, 3.05) is 26.2 Å². The zero-order chi connectivity index (χ0) is 13.8. The Labute approximate surface area is 120 Å². The van der Waals surface area contributed by atoms with Gasteiger partial charge in [-0.15, -0.1) is 0 Å². The highest BCUT2D eigenvalue weighted by Gasteiger charge is 2.29. The van der Waals surface area contributed by atoms with Crippen molar-refractivity contribution in [2.24, 2.45) is 0 Å². The molecule has 3 rings (SSSR count). The number of benzene rings is 1. The van der Waals surface area contributed by atoms with Gasteiger partial charge in [0.05, 0.1) is 0 Å². The second kappa shape index (κ2) is 6.27. The minimum atomic E-state index is 0.128. The van der Waals surface area contributed by atoms with E-state index in [4.69, 9.17) is 0 Å². The Hall–Kier alpha value is -1.55. The van der Waals surface area contributed by atoms with Crippen LogP contribution in [0.15, 0.2) is 30.3 Å². The highest BCUT2D eigenvalue weighted by atomic mass is 16.2. The van der Waals surface area contributed by atoms with Gasteiger partial charge in [-0.1, -0.05) is 30.3 Å². The number of likely N-dealkylation sites (tertiary alicyclic amines) is 1. The summed E-state index contributed by atoms with van der Waals surface area (Å²) in [5.41, 5.74) is 1.36. The molecule has 1 unspecified atom stereocenters. The van der Waals surface area contributed by atoms with Crippen LogP contribution in [-0.4, -0.2) is 48.1 Å². The van der Waals surface area contributed by atoms with Crippen LogP contribution in [0.4, 0.5) is 4.79 Å². The van der Waals surface area contributed by atoms with Crippen LogP contribution in [0, 0.1) is 0 Å². The Morgan fingerprint density at radius 3 is 2.80 bits per heavy atom. The van der Waals surface area contributed by atoms with E-state index in [1.54, 1.807) is 0 Å². The Morgan fingerprint density at radius 2 is 2.00 bits per heavy atom. The van der Waals surface area contributed by atoms with E-state index in [-0.39, 0.29) is 6.03 Å². The molecule has 1 N–H and O–H groups in total. The second-order valence-electron chi connectivity index (χ2n) is 5.80. The van der Waals surface area contributed by atoms with Crippen LogP contribution in [0.5, 0.6) is 0 Å². The number of piperidine rings is 1. The predicted octanol–water partition coefficient (Wildman–Crippen LogP) is 2.07. The first-order valence-corrected chi connectivity index (χ1v) is 7.64. The molecule has 0 bridgehead atoms. The summed E-state index contributed by atoms with van der Waals surface area (Å²) in [5.74, 6) is 0. The van der Waals surface area contributed by atoms with E-state index in [2.05, 4.69) is 40.5 Å². The van der Waals surface area contributed by atoms with Crippen molar-refractivity contribution >= 4 is 6.03 Å². The largest absolute Gasteiger partial charge is 0.338 e. The summed E-state index contributed by atoms with van der Waals surface area (Å²) >= 11 is 0. The molecule has 2 heterocycles. The molecule has 1 aromatic carbocycles. The predicted molar refractivity (Wildman–Crippen MR) is 79.5 cm³/mol. The number of amides is 2. The molecule has 4 nitrogen and oxygen atoms in total. The van der Waals surface area contributed by atoms with Crippen LogP contribution in [-0.2, 0) is 6.54 Å². The lowest BCUT2D eigenvalue weighted by molar-refractivity contribution is 0.0996. The van der Waals surface area contributed by atoms with Gasteiger partial charge in [-0.25, -0.2) is 4.79 Å². The summed E-state index contributed by atoms with van der Waals surface area (Å²) in [7, 11) is 0. The quantitative estimate of drug-likeness (QED) is 0.915. The molecular formula is C16H23N3O. The fraction of sp³-hybridized carbons (Fsp3) is 0.562. The van der Waals surface area contributed by atoms with E-state index < -0.39 is 0 Å². The van der Waals surface area contributed by atoms with E-state index in [9.17, 15) is 4.79 Å². The van der Waals surface area contributed by atoms with Crippen molar-refractivity contribution in [2.45, 2.75) is 31.8 Å². The van der Waals surface area contributed by atoms with Gasteiger partial charge >= 0.3 is 6.03 Å². The molecule has 2 aliphatic heterocycles. The normalized spacial score (nSPS) is 24.5. The average molecular weight is 273 g/mol. The maximum Gasteiger partial charge on any atom is 0.317 e. The second-order valence-corrected chi connectivity index (χ2v) is 5.80. The Bertz CT molecular complexity index is 448. The Morgan fingerprint density at radius 1 is 1.15 bits per heavy atom. The van der Waals surface area contributed by atoms with Gasteiger partial charge in [-0.3, -0.25) is 4.90 Å². The van der Waals surface area contributed by atoms with Crippen molar-refractivity contribution in [3.8, 4) is 0 Å². The van der Waals surface area contributed by atoms with Gasteiger partial charge in [-0.05, 0) is 31.4 Å². The molecule has 0 spiro atoms. The third-order valence-electron chi connectivity index (χ3n) is 4.28. The van der Waals surface area contributed by atoms with Crippen LogP contribution in [0.1, 0.15) is 24.8 Å². The van der Waals surface area contributed by atoms with Gasteiger partial charge in [0.25, 0.3) is 0 Å². The summed E-state index contributed by atoms with van der Waals surface area (Å²) in [5, 5.41) is 2.96. The Kier molecular flexibility index (Phi) is 4.21. The van der Waals surface area contributed by atoms with Crippen LogP contribution in [0.3, 0.4) is 0 Å². The summed E-state index contributed by atoms with van der Waals surface area (Å²) < 4.78 is 0. The third kappa shape index (κ3) is 3.12. The highest BCUT2D eigenvalue weighted by Crippen LogP contribution is 2.19. The molecule has 1 aromatic rings. The maximum atomic E-state index is 12.0. The van der Waals surface area contributed by atoms with Gasteiger partial charge in [0, 0.05) is 32.2 Å². The van der Waals surface area contributed by atoms with Crippen molar-refractivity contribution < 1.29 is 4.79 Å². The van der Waals surface area contributed by atoms with Crippen molar-refractivity contribution in [3.63, 3.8) is 0 Å². The lowest BCUT2D eigenvalue weighted by Crippen LogP contribution is -2.56.